The van der Waals surface area contributed by atoms with E-state index in [-0.39, 0.29) is 0 Å². The molecule has 1 aromatic carbocycles. The summed E-state index contributed by atoms with van der Waals surface area (Å²) in [5.41, 5.74) is 1.37. The van der Waals surface area contributed by atoms with Gasteiger partial charge in [0.2, 0.25) is 0 Å². The van der Waals surface area contributed by atoms with E-state index in [2.05, 4.69) is 55.8 Å². The molecule has 0 spiro atoms. The maximum Gasteiger partial charge on any atom is 0.0491 e. The van der Waals surface area contributed by atoms with Gasteiger partial charge in [0.15, 0.2) is 0 Å². The van der Waals surface area contributed by atoms with Crippen LogP contribution in [0.3, 0.4) is 0 Å². The normalized spacial score (nSPS) is 11.5. The fourth-order valence-electron chi connectivity index (χ4n) is 1.99. The van der Waals surface area contributed by atoms with Crippen molar-refractivity contribution in [3.8, 4) is 0 Å². The van der Waals surface area contributed by atoms with Gasteiger partial charge in [-0.1, -0.05) is 39.0 Å². The van der Waals surface area contributed by atoms with Gasteiger partial charge in [-0.2, -0.15) is 0 Å². The number of rotatable bonds is 4. The first-order valence-corrected chi connectivity index (χ1v) is 6.85. The molecule has 2 heteroatoms. The molecule has 16 heavy (non-hydrogen) atoms. The number of aryl methyl sites for hydroxylation is 1. The Balaban J connectivity index is 2.48. The number of hydrogen-bond donors (Lipinski definition) is 0. The summed E-state index contributed by atoms with van der Waals surface area (Å²) in [6, 6.07) is 8.70. The molecular weight excluding hydrogens is 214 g/mol. The maximum atomic E-state index is 2.38. The highest BCUT2D eigenvalue weighted by Crippen LogP contribution is 2.32. The highest BCUT2D eigenvalue weighted by Gasteiger charge is 2.08. The van der Waals surface area contributed by atoms with Gasteiger partial charge in [-0.15, -0.1) is 11.8 Å². The molecule has 1 heterocycles. The summed E-state index contributed by atoms with van der Waals surface area (Å²) in [5, 5.41) is 2.04. The molecule has 0 amide bonds. The van der Waals surface area contributed by atoms with Gasteiger partial charge >= 0.3 is 0 Å². The van der Waals surface area contributed by atoms with Crippen molar-refractivity contribution in [3.05, 3.63) is 30.5 Å². The lowest BCUT2D eigenvalue weighted by atomic mass is 10.2. The van der Waals surface area contributed by atoms with Crippen molar-refractivity contribution in [1.82, 2.24) is 4.57 Å². The van der Waals surface area contributed by atoms with Crippen molar-refractivity contribution in [3.63, 3.8) is 0 Å². The van der Waals surface area contributed by atoms with Gasteiger partial charge in [0.1, 0.15) is 0 Å². The van der Waals surface area contributed by atoms with Crippen molar-refractivity contribution < 1.29 is 0 Å². The van der Waals surface area contributed by atoms with Gasteiger partial charge in [0, 0.05) is 33.8 Å². The summed E-state index contributed by atoms with van der Waals surface area (Å²) >= 11 is 1.95. The van der Waals surface area contributed by atoms with E-state index in [9.17, 15) is 0 Å². The molecule has 0 atom stereocenters. The van der Waals surface area contributed by atoms with Crippen molar-refractivity contribution in [2.24, 2.45) is 0 Å². The Morgan fingerprint density at radius 1 is 1.25 bits per heavy atom. The third kappa shape index (κ3) is 2.27. The van der Waals surface area contributed by atoms with E-state index in [4.69, 9.17) is 0 Å². The number of para-hydroxylation sites is 1. The molecule has 86 valence electrons. The average molecular weight is 233 g/mol. The van der Waals surface area contributed by atoms with Crippen LogP contribution < -0.4 is 0 Å². The molecule has 0 unspecified atom stereocenters. The lowest BCUT2D eigenvalue weighted by Crippen LogP contribution is -1.93. The van der Waals surface area contributed by atoms with Crippen LogP contribution in [0.2, 0.25) is 0 Å². The Bertz CT molecular complexity index is 471. The molecule has 2 rings (SSSR count). The molecule has 0 aliphatic rings. The molecule has 2 aromatic rings. The lowest BCUT2D eigenvalue weighted by molar-refractivity contribution is 0.700. The van der Waals surface area contributed by atoms with Crippen LogP contribution in [0.15, 0.2) is 35.4 Å². The molecule has 0 fully saturated rings. The van der Waals surface area contributed by atoms with Crippen LogP contribution in [0.5, 0.6) is 0 Å². The predicted molar refractivity (Wildman–Crippen MR) is 73.2 cm³/mol. The number of fused-ring (bicyclic) bond motifs is 1. The van der Waals surface area contributed by atoms with E-state index in [1.54, 1.807) is 0 Å². The minimum atomic E-state index is 0.640. The lowest BCUT2D eigenvalue weighted by Gasteiger charge is -2.01. The van der Waals surface area contributed by atoms with E-state index in [0.717, 1.165) is 6.54 Å². The molecule has 1 aromatic heterocycles. The number of thioether (sulfide) groups is 1. The monoisotopic (exact) mass is 233 g/mol. The Kier molecular flexibility index (Phi) is 3.59. The SMILES string of the molecule is CCCn1cc(SC(C)C)c2ccccc21. The van der Waals surface area contributed by atoms with Crippen LogP contribution in [0.1, 0.15) is 27.2 Å². The van der Waals surface area contributed by atoms with E-state index < -0.39 is 0 Å². The quantitative estimate of drug-likeness (QED) is 0.701. The summed E-state index contributed by atoms with van der Waals surface area (Å²) in [6.07, 6.45) is 3.49. The van der Waals surface area contributed by atoms with E-state index in [1.165, 1.54) is 22.2 Å². The third-order valence-electron chi connectivity index (χ3n) is 2.58. The van der Waals surface area contributed by atoms with Gasteiger partial charge in [-0.25, -0.2) is 0 Å². The topological polar surface area (TPSA) is 4.93 Å². The average Bonchev–Trinajstić information content (AvgIpc) is 2.58. The van der Waals surface area contributed by atoms with Crippen LogP contribution in [0, 0.1) is 0 Å². The van der Waals surface area contributed by atoms with Crippen LogP contribution in [0.4, 0.5) is 0 Å². The molecule has 1 nitrogen and oxygen atoms in total. The van der Waals surface area contributed by atoms with Crippen molar-refractivity contribution in [2.45, 2.75) is 43.9 Å². The molecule has 0 bridgehead atoms. The fraction of sp³-hybridized carbons (Fsp3) is 0.429. The summed E-state index contributed by atoms with van der Waals surface area (Å²) in [7, 11) is 0. The van der Waals surface area contributed by atoms with Gasteiger partial charge in [0.25, 0.3) is 0 Å². The van der Waals surface area contributed by atoms with Crippen molar-refractivity contribution in [2.75, 3.05) is 0 Å². The Labute approximate surface area is 102 Å². The summed E-state index contributed by atoms with van der Waals surface area (Å²) in [6.45, 7) is 7.83. The van der Waals surface area contributed by atoms with Crippen LogP contribution in [-0.2, 0) is 6.54 Å². The standard InChI is InChI=1S/C14H19NS/c1-4-9-15-10-14(16-11(2)3)12-7-5-6-8-13(12)15/h5-8,10-11H,4,9H2,1-3H3. The maximum absolute atomic E-state index is 2.38. The molecule has 0 aliphatic heterocycles. The van der Waals surface area contributed by atoms with Gasteiger partial charge in [-0.05, 0) is 12.5 Å². The Morgan fingerprint density at radius 3 is 2.69 bits per heavy atom. The van der Waals surface area contributed by atoms with Crippen LogP contribution >= 0.6 is 11.8 Å². The first kappa shape index (κ1) is 11.6. The molecule has 0 aliphatic carbocycles. The number of hydrogen-bond acceptors (Lipinski definition) is 1. The summed E-state index contributed by atoms with van der Waals surface area (Å²) < 4.78 is 2.38. The van der Waals surface area contributed by atoms with E-state index >= 15 is 0 Å². The zero-order valence-corrected chi connectivity index (χ0v) is 11.1. The zero-order chi connectivity index (χ0) is 11.5. The van der Waals surface area contributed by atoms with E-state index in [1.807, 2.05) is 11.8 Å². The summed E-state index contributed by atoms with van der Waals surface area (Å²) in [5.74, 6) is 0. The number of nitrogens with zero attached hydrogens (tertiary/aromatic N) is 1. The van der Waals surface area contributed by atoms with Crippen LogP contribution in [-0.4, -0.2) is 9.82 Å². The molecular formula is C14H19NS. The zero-order valence-electron chi connectivity index (χ0n) is 10.2. The molecule has 0 radical (unpaired) electrons. The second-order valence-electron chi connectivity index (χ2n) is 4.37. The Hall–Kier alpha value is -0.890. The first-order valence-electron chi connectivity index (χ1n) is 5.97. The smallest absolute Gasteiger partial charge is 0.0491 e. The Morgan fingerprint density at radius 2 is 2.00 bits per heavy atom. The first-order chi connectivity index (χ1) is 7.72. The van der Waals surface area contributed by atoms with Gasteiger partial charge in [-0.3, -0.25) is 0 Å². The third-order valence-corrected chi connectivity index (χ3v) is 3.63. The second-order valence-corrected chi connectivity index (χ2v) is 5.99. The summed E-state index contributed by atoms with van der Waals surface area (Å²) in [4.78, 5) is 1.42. The predicted octanol–water partition coefficient (Wildman–Crippen LogP) is 4.55. The van der Waals surface area contributed by atoms with Gasteiger partial charge in [0.05, 0.1) is 0 Å². The molecule has 0 saturated carbocycles. The largest absolute Gasteiger partial charge is 0.346 e. The minimum absolute atomic E-state index is 0.640. The molecule has 0 saturated heterocycles. The van der Waals surface area contributed by atoms with Gasteiger partial charge < -0.3 is 4.57 Å². The van der Waals surface area contributed by atoms with Crippen LogP contribution in [0.25, 0.3) is 10.9 Å². The second kappa shape index (κ2) is 4.96. The fourth-order valence-corrected chi connectivity index (χ4v) is 2.98. The van der Waals surface area contributed by atoms with Crippen molar-refractivity contribution in [1.29, 1.82) is 0 Å². The van der Waals surface area contributed by atoms with E-state index in [0.29, 0.717) is 5.25 Å². The minimum Gasteiger partial charge on any atom is -0.346 e. The number of benzene rings is 1. The highest BCUT2D eigenvalue weighted by molar-refractivity contribution is 8.00. The number of aromatic nitrogens is 1. The molecule has 0 N–H and O–H groups in total. The highest BCUT2D eigenvalue weighted by atomic mass is 32.2. The van der Waals surface area contributed by atoms with Crippen molar-refractivity contribution >= 4 is 22.7 Å².